The van der Waals surface area contributed by atoms with Gasteiger partial charge in [-0.3, -0.25) is 14.4 Å². The van der Waals surface area contributed by atoms with Crippen LogP contribution >= 0.6 is 118 Å². The Labute approximate surface area is 310 Å². The monoisotopic (exact) mass is 826 g/mol. The number of carbonyl (C=O) groups is 3. The Morgan fingerprint density at radius 2 is 0.822 bits per heavy atom. The van der Waals surface area contributed by atoms with Gasteiger partial charge in [0.2, 0.25) is 0 Å². The minimum atomic E-state index is -0.211. The van der Waals surface area contributed by atoms with E-state index in [1.165, 1.54) is 47.0 Å². The summed E-state index contributed by atoms with van der Waals surface area (Å²) in [7, 11) is 0. The molecule has 0 aromatic rings. The van der Waals surface area contributed by atoms with Crippen molar-refractivity contribution in [2.45, 2.75) is 25.7 Å². The first-order valence-electron chi connectivity index (χ1n) is 13.8. The van der Waals surface area contributed by atoms with Gasteiger partial charge in [0.15, 0.2) is 0 Å². The first-order chi connectivity index (χ1) is 22.1. The van der Waals surface area contributed by atoms with Crippen molar-refractivity contribution in [3.8, 4) is 0 Å². The van der Waals surface area contributed by atoms with Crippen molar-refractivity contribution in [1.82, 2.24) is 0 Å². The number of esters is 3. The van der Waals surface area contributed by atoms with E-state index in [1.807, 2.05) is 11.8 Å². The van der Waals surface area contributed by atoms with Gasteiger partial charge in [-0.2, -0.15) is 47.0 Å². The molecule has 0 heterocycles. The smallest absolute Gasteiger partial charge is 0.307 e. The quantitative estimate of drug-likeness (QED) is 0.0189. The first kappa shape index (κ1) is 46.8. The van der Waals surface area contributed by atoms with Crippen LogP contribution in [0.2, 0.25) is 0 Å². The molecular weight excluding hydrogens is 781 g/mol. The van der Waals surface area contributed by atoms with E-state index < -0.39 is 0 Å². The van der Waals surface area contributed by atoms with Crippen LogP contribution in [0.3, 0.4) is 0 Å². The van der Waals surface area contributed by atoms with Crippen molar-refractivity contribution in [2.24, 2.45) is 0 Å². The average molecular weight is 827 g/mol. The number of aliphatic hydroxyl groups is 2. The highest BCUT2D eigenvalue weighted by Gasteiger charge is 2.06. The molecule has 0 aliphatic rings. The van der Waals surface area contributed by atoms with Crippen LogP contribution in [-0.4, -0.2) is 132 Å². The molecule has 0 spiro atoms. The molecule has 0 amide bonds. The number of hydrogen-bond acceptors (Lipinski definition) is 20. The third kappa shape index (κ3) is 40.1. The summed E-state index contributed by atoms with van der Waals surface area (Å²) in [5.41, 5.74) is 0. The fraction of sp³-hybridized carbons (Fsp3) is 0.880. The molecule has 0 saturated heterocycles. The van der Waals surface area contributed by atoms with Crippen molar-refractivity contribution < 1.29 is 48.6 Å². The van der Waals surface area contributed by atoms with E-state index in [1.54, 1.807) is 58.8 Å². The van der Waals surface area contributed by atoms with Gasteiger partial charge < -0.3 is 24.4 Å². The van der Waals surface area contributed by atoms with E-state index in [4.69, 9.17) is 34.2 Å². The fourth-order valence-electron chi connectivity index (χ4n) is 2.33. The normalized spacial score (nSPS) is 11.1. The lowest BCUT2D eigenvalue weighted by atomic mass is 10.5. The lowest BCUT2D eigenvalue weighted by Gasteiger charge is -2.06. The SMILES string of the molecule is O=C(CCSCSCCC(=O)OCSCSCO)OCCSCSCCOOCCCSCSCCC(=O)OCSCSCO. The van der Waals surface area contributed by atoms with Crippen LogP contribution in [0.25, 0.3) is 0 Å². The molecule has 0 saturated carbocycles. The van der Waals surface area contributed by atoms with Gasteiger partial charge in [-0.05, 0) is 12.2 Å². The second kappa shape index (κ2) is 40.2. The molecule has 0 radical (unpaired) electrons. The third-order valence-electron chi connectivity index (χ3n) is 4.38. The molecule has 10 nitrogen and oxygen atoms in total. The number of ether oxygens (including phenoxy) is 3. The Morgan fingerprint density at radius 3 is 1.33 bits per heavy atom. The van der Waals surface area contributed by atoms with Crippen molar-refractivity contribution in [3.05, 3.63) is 0 Å². The number of hydrogen-bond donors (Lipinski definition) is 2. The van der Waals surface area contributed by atoms with E-state index in [9.17, 15) is 14.4 Å². The summed E-state index contributed by atoms with van der Waals surface area (Å²) in [6.45, 7) is 1.50. The van der Waals surface area contributed by atoms with Crippen molar-refractivity contribution in [3.63, 3.8) is 0 Å². The van der Waals surface area contributed by atoms with Crippen LogP contribution < -0.4 is 0 Å². The van der Waals surface area contributed by atoms with Gasteiger partial charge >= 0.3 is 17.9 Å². The zero-order chi connectivity index (χ0) is 32.9. The topological polar surface area (TPSA) is 138 Å². The minimum absolute atomic E-state index is 0.0718. The van der Waals surface area contributed by atoms with Crippen molar-refractivity contribution in [1.29, 1.82) is 0 Å². The predicted octanol–water partition coefficient (Wildman–Crippen LogP) is 6.06. The van der Waals surface area contributed by atoms with Crippen LogP contribution in [0.4, 0.5) is 0 Å². The van der Waals surface area contributed by atoms with E-state index >= 15 is 0 Å². The fourth-order valence-corrected chi connectivity index (χ4v) is 10.7. The Morgan fingerprint density at radius 1 is 0.422 bits per heavy atom. The molecule has 0 aliphatic carbocycles. The molecule has 0 aromatic carbocycles. The maximum Gasteiger partial charge on any atom is 0.307 e. The highest BCUT2D eigenvalue weighted by molar-refractivity contribution is 8.17. The molecule has 2 N–H and O–H groups in total. The molecule has 0 fully saturated rings. The summed E-state index contributed by atoms with van der Waals surface area (Å²) in [5.74, 6) is 4.95. The molecule has 266 valence electrons. The standard InChI is InChI=1S/C25H46O10S10/c26-14-42-21-44-16-32-24(29)3-10-37-18-36-8-1-5-34-35-7-13-41-20-40-12-6-31-23(28)2-9-38-19-39-11-4-25(30)33-17-45-22-43-15-27/h26-27H,1-22H2. The zero-order valence-electron chi connectivity index (χ0n) is 25.3. The minimum Gasteiger partial charge on any atom is -0.465 e. The summed E-state index contributed by atoms with van der Waals surface area (Å²) in [4.78, 5) is 45.4. The number of rotatable bonds is 36. The highest BCUT2D eigenvalue weighted by Crippen LogP contribution is 2.17. The largest absolute Gasteiger partial charge is 0.465 e. The molecule has 0 aromatic heterocycles. The molecule has 20 heteroatoms. The van der Waals surface area contributed by atoms with Crippen LogP contribution in [-0.2, 0) is 38.4 Å². The molecular formula is C25H46O10S10. The zero-order valence-corrected chi connectivity index (χ0v) is 33.5. The lowest BCUT2D eigenvalue weighted by Crippen LogP contribution is -2.08. The van der Waals surface area contributed by atoms with Crippen LogP contribution in [0.15, 0.2) is 0 Å². The van der Waals surface area contributed by atoms with Gasteiger partial charge in [0.1, 0.15) is 18.5 Å². The second-order valence-corrected chi connectivity index (χ2v) is 20.1. The van der Waals surface area contributed by atoms with Crippen LogP contribution in [0, 0.1) is 0 Å². The van der Waals surface area contributed by atoms with Crippen LogP contribution in [0.1, 0.15) is 25.7 Å². The van der Waals surface area contributed by atoms with E-state index in [-0.39, 0.29) is 29.8 Å². The lowest BCUT2D eigenvalue weighted by molar-refractivity contribution is -0.289. The molecule has 0 aliphatic heterocycles. The summed E-state index contributed by atoms with van der Waals surface area (Å²) in [6, 6.07) is 0. The summed E-state index contributed by atoms with van der Waals surface area (Å²) >= 11 is 16.0. The third-order valence-corrected chi connectivity index (χ3v) is 14.9. The van der Waals surface area contributed by atoms with Gasteiger partial charge in [-0.25, -0.2) is 9.78 Å². The van der Waals surface area contributed by atoms with Crippen LogP contribution in [0.5, 0.6) is 0 Å². The van der Waals surface area contributed by atoms with Gasteiger partial charge in [0.05, 0.1) is 44.4 Å². The second-order valence-electron chi connectivity index (χ2n) is 7.85. The van der Waals surface area contributed by atoms with Crippen molar-refractivity contribution in [2.75, 3.05) is 104 Å². The summed E-state index contributed by atoms with van der Waals surface area (Å²) in [6.07, 6.45) is 2.07. The number of thioether (sulfide) groups is 10. The molecule has 0 atom stereocenters. The Hall–Kier alpha value is 1.75. The number of aliphatic hydroxyl groups excluding tert-OH is 2. The maximum absolute atomic E-state index is 11.8. The van der Waals surface area contributed by atoms with Crippen molar-refractivity contribution >= 4 is 136 Å². The predicted molar refractivity (Wildman–Crippen MR) is 207 cm³/mol. The molecule has 0 bridgehead atoms. The summed E-state index contributed by atoms with van der Waals surface area (Å²) in [5, 5.41) is 21.4. The molecule has 45 heavy (non-hydrogen) atoms. The van der Waals surface area contributed by atoms with E-state index in [2.05, 4.69) is 0 Å². The number of carbonyl (C=O) groups excluding carboxylic acids is 3. The Bertz CT molecular complexity index is 689. The Kier molecular flexibility index (Phi) is 41.7. The molecule has 0 unspecified atom stereocenters. The van der Waals surface area contributed by atoms with Gasteiger partial charge in [0.25, 0.3) is 0 Å². The average Bonchev–Trinajstić information content (AvgIpc) is 3.03. The maximum atomic E-state index is 11.8. The summed E-state index contributed by atoms with van der Waals surface area (Å²) < 4.78 is 15.5. The highest BCUT2D eigenvalue weighted by atomic mass is 32.2. The van der Waals surface area contributed by atoms with E-state index in [0.717, 1.165) is 44.7 Å². The van der Waals surface area contributed by atoms with Gasteiger partial charge in [-0.15, -0.1) is 70.6 Å². The first-order valence-corrected chi connectivity index (χ1v) is 25.3. The van der Waals surface area contributed by atoms with Gasteiger partial charge in [-0.1, -0.05) is 0 Å². The molecule has 0 rings (SSSR count). The van der Waals surface area contributed by atoms with Gasteiger partial charge in [0, 0.05) is 54.2 Å². The van der Waals surface area contributed by atoms with E-state index in [0.29, 0.717) is 72.6 Å². The Balaban J connectivity index is 3.24.